The molecule has 1 aromatic heterocycles. The topological polar surface area (TPSA) is 39.1 Å². The smallest absolute Gasteiger partial charge is 0.0952 e. The van der Waals surface area contributed by atoms with Crippen LogP contribution < -0.4 is 5.32 Å². The predicted octanol–water partition coefficient (Wildman–Crippen LogP) is 2.12. The van der Waals surface area contributed by atoms with E-state index in [2.05, 4.69) is 28.7 Å². The first-order valence-corrected chi connectivity index (χ1v) is 6.49. The number of hydrogen-bond donors (Lipinski definition) is 1. The standard InChI is InChI=1S/C13H23N3O/c1-10(2)15-8-11-7-14-9-16(11)12-5-4-6-13(12)17-3/h7,9-10,12-13,15H,4-6,8H2,1-3H3. The van der Waals surface area contributed by atoms with E-state index in [4.69, 9.17) is 4.74 Å². The maximum Gasteiger partial charge on any atom is 0.0952 e. The summed E-state index contributed by atoms with van der Waals surface area (Å²) in [6.07, 6.45) is 7.86. The molecule has 0 amide bonds. The van der Waals surface area contributed by atoms with E-state index in [1.807, 2.05) is 19.6 Å². The largest absolute Gasteiger partial charge is 0.379 e. The lowest BCUT2D eigenvalue weighted by Crippen LogP contribution is -2.26. The molecule has 96 valence electrons. The number of ether oxygens (including phenoxy) is 1. The van der Waals surface area contributed by atoms with E-state index in [-0.39, 0.29) is 0 Å². The van der Waals surface area contributed by atoms with Crippen molar-refractivity contribution in [2.24, 2.45) is 0 Å². The molecule has 2 atom stereocenters. The summed E-state index contributed by atoms with van der Waals surface area (Å²) in [7, 11) is 1.81. The zero-order valence-electron chi connectivity index (χ0n) is 11.0. The van der Waals surface area contributed by atoms with Gasteiger partial charge in [-0.3, -0.25) is 0 Å². The normalized spacial score (nSPS) is 24.7. The molecule has 1 aromatic rings. The Morgan fingerprint density at radius 1 is 1.53 bits per heavy atom. The van der Waals surface area contributed by atoms with Crippen molar-refractivity contribution in [1.82, 2.24) is 14.9 Å². The van der Waals surface area contributed by atoms with Crippen molar-refractivity contribution in [3.8, 4) is 0 Å². The number of imidazole rings is 1. The van der Waals surface area contributed by atoms with Gasteiger partial charge in [-0.25, -0.2) is 4.98 Å². The van der Waals surface area contributed by atoms with Crippen LogP contribution in [0.5, 0.6) is 0 Å². The molecule has 1 aliphatic rings. The van der Waals surface area contributed by atoms with Gasteiger partial charge in [0.1, 0.15) is 0 Å². The molecule has 17 heavy (non-hydrogen) atoms. The highest BCUT2D eigenvalue weighted by molar-refractivity contribution is 5.03. The fraction of sp³-hybridized carbons (Fsp3) is 0.769. The van der Waals surface area contributed by atoms with Gasteiger partial charge in [-0.2, -0.15) is 0 Å². The van der Waals surface area contributed by atoms with Crippen LogP contribution in [-0.4, -0.2) is 28.8 Å². The molecule has 0 radical (unpaired) electrons. The minimum atomic E-state index is 0.349. The second kappa shape index (κ2) is 5.65. The van der Waals surface area contributed by atoms with Gasteiger partial charge < -0.3 is 14.6 Å². The average Bonchev–Trinajstić information content (AvgIpc) is 2.93. The van der Waals surface area contributed by atoms with Crippen molar-refractivity contribution in [2.45, 2.75) is 57.8 Å². The number of rotatable bonds is 5. The fourth-order valence-corrected chi connectivity index (χ4v) is 2.58. The molecule has 2 unspecified atom stereocenters. The van der Waals surface area contributed by atoms with E-state index in [1.54, 1.807) is 0 Å². The lowest BCUT2D eigenvalue weighted by Gasteiger charge is -2.22. The van der Waals surface area contributed by atoms with Crippen molar-refractivity contribution < 1.29 is 4.74 Å². The summed E-state index contributed by atoms with van der Waals surface area (Å²) in [5.41, 5.74) is 1.26. The van der Waals surface area contributed by atoms with Gasteiger partial charge in [0.15, 0.2) is 0 Å². The lowest BCUT2D eigenvalue weighted by atomic mass is 10.2. The molecular formula is C13H23N3O. The van der Waals surface area contributed by atoms with E-state index >= 15 is 0 Å². The lowest BCUT2D eigenvalue weighted by molar-refractivity contribution is 0.0739. The van der Waals surface area contributed by atoms with Crippen LogP contribution >= 0.6 is 0 Å². The Morgan fingerprint density at radius 2 is 2.35 bits per heavy atom. The van der Waals surface area contributed by atoms with Crippen LogP contribution in [0, 0.1) is 0 Å². The fourth-order valence-electron chi connectivity index (χ4n) is 2.58. The maximum atomic E-state index is 5.56. The molecule has 1 N–H and O–H groups in total. The van der Waals surface area contributed by atoms with Gasteiger partial charge in [0.2, 0.25) is 0 Å². The molecular weight excluding hydrogens is 214 g/mol. The van der Waals surface area contributed by atoms with Gasteiger partial charge in [0.05, 0.1) is 24.2 Å². The van der Waals surface area contributed by atoms with Crippen LogP contribution in [-0.2, 0) is 11.3 Å². The third-order valence-electron chi connectivity index (χ3n) is 3.52. The Balaban J connectivity index is 2.07. The summed E-state index contributed by atoms with van der Waals surface area (Å²) >= 11 is 0. The molecule has 1 fully saturated rings. The third-order valence-corrected chi connectivity index (χ3v) is 3.52. The van der Waals surface area contributed by atoms with Crippen molar-refractivity contribution in [2.75, 3.05) is 7.11 Å². The van der Waals surface area contributed by atoms with E-state index in [0.717, 1.165) is 13.0 Å². The van der Waals surface area contributed by atoms with Gasteiger partial charge in [-0.05, 0) is 19.3 Å². The summed E-state index contributed by atoms with van der Waals surface area (Å²) in [5, 5.41) is 3.44. The van der Waals surface area contributed by atoms with Crippen LogP contribution in [0.3, 0.4) is 0 Å². The Morgan fingerprint density at radius 3 is 3.06 bits per heavy atom. The van der Waals surface area contributed by atoms with E-state index in [1.165, 1.54) is 18.5 Å². The molecule has 4 heteroatoms. The molecule has 1 heterocycles. The molecule has 0 spiro atoms. The molecule has 0 bridgehead atoms. The molecule has 0 saturated heterocycles. The maximum absolute atomic E-state index is 5.56. The van der Waals surface area contributed by atoms with E-state index in [0.29, 0.717) is 18.2 Å². The zero-order chi connectivity index (χ0) is 12.3. The zero-order valence-corrected chi connectivity index (χ0v) is 11.0. The second-order valence-electron chi connectivity index (χ2n) is 5.10. The molecule has 0 aromatic carbocycles. The summed E-state index contributed by atoms with van der Waals surface area (Å²) in [4.78, 5) is 4.28. The van der Waals surface area contributed by atoms with Crippen molar-refractivity contribution in [3.63, 3.8) is 0 Å². The first kappa shape index (κ1) is 12.6. The highest BCUT2D eigenvalue weighted by Gasteiger charge is 2.29. The highest BCUT2D eigenvalue weighted by atomic mass is 16.5. The molecule has 0 aliphatic heterocycles. The quantitative estimate of drug-likeness (QED) is 0.852. The monoisotopic (exact) mass is 237 g/mol. The number of methoxy groups -OCH3 is 1. The SMILES string of the molecule is COC1CCCC1n1cncc1CNC(C)C. The van der Waals surface area contributed by atoms with Crippen LogP contribution in [0.2, 0.25) is 0 Å². The third kappa shape index (κ3) is 2.87. The van der Waals surface area contributed by atoms with Crippen molar-refractivity contribution in [3.05, 3.63) is 18.2 Å². The van der Waals surface area contributed by atoms with Gasteiger partial charge >= 0.3 is 0 Å². The molecule has 1 saturated carbocycles. The summed E-state index contributed by atoms with van der Waals surface area (Å²) < 4.78 is 7.85. The van der Waals surface area contributed by atoms with E-state index in [9.17, 15) is 0 Å². The Bertz CT molecular complexity index is 348. The van der Waals surface area contributed by atoms with Crippen molar-refractivity contribution in [1.29, 1.82) is 0 Å². The highest BCUT2D eigenvalue weighted by Crippen LogP contribution is 2.32. The van der Waals surface area contributed by atoms with Crippen LogP contribution in [0.1, 0.15) is 44.8 Å². The Hall–Kier alpha value is -0.870. The van der Waals surface area contributed by atoms with E-state index < -0.39 is 0 Å². The van der Waals surface area contributed by atoms with Crippen molar-refractivity contribution >= 4 is 0 Å². The van der Waals surface area contributed by atoms with Crippen LogP contribution in [0.15, 0.2) is 12.5 Å². The van der Waals surface area contributed by atoms with Gasteiger partial charge in [-0.15, -0.1) is 0 Å². The first-order valence-electron chi connectivity index (χ1n) is 6.49. The molecule has 4 nitrogen and oxygen atoms in total. The Kier molecular flexibility index (Phi) is 4.18. The minimum Gasteiger partial charge on any atom is -0.379 e. The number of aromatic nitrogens is 2. The van der Waals surface area contributed by atoms with Crippen LogP contribution in [0.4, 0.5) is 0 Å². The number of nitrogens with zero attached hydrogens (tertiary/aromatic N) is 2. The summed E-state index contributed by atoms with van der Waals surface area (Å²) in [6, 6.07) is 0.964. The minimum absolute atomic E-state index is 0.349. The summed E-state index contributed by atoms with van der Waals surface area (Å²) in [5.74, 6) is 0. The molecule has 2 rings (SSSR count). The number of hydrogen-bond acceptors (Lipinski definition) is 3. The van der Waals surface area contributed by atoms with Gasteiger partial charge in [0.25, 0.3) is 0 Å². The second-order valence-corrected chi connectivity index (χ2v) is 5.10. The Labute approximate surface area is 103 Å². The molecule has 1 aliphatic carbocycles. The van der Waals surface area contributed by atoms with Crippen LogP contribution in [0.25, 0.3) is 0 Å². The first-order chi connectivity index (χ1) is 8.22. The number of nitrogens with one attached hydrogen (secondary N) is 1. The van der Waals surface area contributed by atoms with Gasteiger partial charge in [0, 0.05) is 25.9 Å². The van der Waals surface area contributed by atoms with Gasteiger partial charge in [-0.1, -0.05) is 13.8 Å². The average molecular weight is 237 g/mol. The summed E-state index contributed by atoms with van der Waals surface area (Å²) in [6.45, 7) is 5.20. The predicted molar refractivity (Wildman–Crippen MR) is 67.9 cm³/mol.